The van der Waals surface area contributed by atoms with Crippen LogP contribution < -0.4 is 10.6 Å². The number of rotatable bonds is 7. The van der Waals surface area contributed by atoms with E-state index in [2.05, 4.69) is 20.4 Å². The third-order valence-corrected chi connectivity index (χ3v) is 5.39. The summed E-state index contributed by atoms with van der Waals surface area (Å²) in [6, 6.07) is 9.06. The van der Waals surface area contributed by atoms with Crippen molar-refractivity contribution in [2.45, 2.75) is 13.0 Å². The van der Waals surface area contributed by atoms with Crippen LogP contribution in [0.1, 0.15) is 12.0 Å². The molecule has 9 nitrogen and oxygen atoms in total. The lowest BCUT2D eigenvalue weighted by Crippen LogP contribution is -2.52. The van der Waals surface area contributed by atoms with Gasteiger partial charge in [-0.1, -0.05) is 30.3 Å². The first-order valence-electron chi connectivity index (χ1n) is 10.5. The number of benzene rings is 1. The number of hydrogen-bond acceptors (Lipinski definition) is 6. The SMILES string of the molecule is O=C(CCN1CCN(CC(=O)N2CCOCC2)CC1)NC(=O)NCc1ccccc1. The number of carbonyl (C=O) groups excluding carboxylic acids is 3. The van der Waals surface area contributed by atoms with E-state index < -0.39 is 6.03 Å². The van der Waals surface area contributed by atoms with Crippen molar-refractivity contribution in [1.82, 2.24) is 25.3 Å². The molecule has 0 atom stereocenters. The molecule has 0 aromatic heterocycles. The fourth-order valence-corrected chi connectivity index (χ4v) is 3.55. The summed E-state index contributed by atoms with van der Waals surface area (Å²) in [6.07, 6.45) is 0.269. The zero-order valence-corrected chi connectivity index (χ0v) is 17.3. The predicted molar refractivity (Wildman–Crippen MR) is 112 cm³/mol. The molecule has 2 aliphatic heterocycles. The number of hydrogen-bond donors (Lipinski definition) is 2. The van der Waals surface area contributed by atoms with Gasteiger partial charge in [0.25, 0.3) is 0 Å². The smallest absolute Gasteiger partial charge is 0.321 e. The summed E-state index contributed by atoms with van der Waals surface area (Å²) in [6.45, 7) is 7.22. The fraction of sp³-hybridized carbons (Fsp3) is 0.571. The standard InChI is InChI=1S/C21H31N5O4/c27-19(23-21(29)22-16-18-4-2-1-3-5-18)6-7-24-8-10-25(11-9-24)17-20(28)26-12-14-30-15-13-26/h1-5H,6-17H2,(H2,22,23,27,29). The first-order chi connectivity index (χ1) is 14.6. The highest BCUT2D eigenvalue weighted by Gasteiger charge is 2.23. The van der Waals surface area contributed by atoms with E-state index in [1.807, 2.05) is 35.2 Å². The predicted octanol–water partition coefficient (Wildman–Crippen LogP) is -0.121. The van der Waals surface area contributed by atoms with Crippen LogP contribution in [0, 0.1) is 0 Å². The van der Waals surface area contributed by atoms with Gasteiger partial charge in [-0.2, -0.15) is 0 Å². The van der Waals surface area contributed by atoms with Crippen molar-refractivity contribution in [2.75, 3.05) is 65.6 Å². The molecule has 0 spiro atoms. The molecule has 2 fully saturated rings. The maximum absolute atomic E-state index is 12.3. The third kappa shape index (κ3) is 7.40. The van der Waals surface area contributed by atoms with E-state index in [9.17, 15) is 14.4 Å². The van der Waals surface area contributed by atoms with Crippen LogP contribution in [-0.4, -0.2) is 98.1 Å². The molecule has 164 valence electrons. The molecule has 4 amide bonds. The minimum Gasteiger partial charge on any atom is -0.378 e. The van der Waals surface area contributed by atoms with Gasteiger partial charge < -0.3 is 19.9 Å². The van der Waals surface area contributed by atoms with E-state index in [0.29, 0.717) is 45.9 Å². The molecule has 2 heterocycles. The number of amides is 4. The minimum absolute atomic E-state index is 0.160. The van der Waals surface area contributed by atoms with Crippen molar-refractivity contribution in [1.29, 1.82) is 0 Å². The van der Waals surface area contributed by atoms with E-state index in [-0.39, 0.29) is 18.2 Å². The van der Waals surface area contributed by atoms with Crippen molar-refractivity contribution in [3.63, 3.8) is 0 Å². The maximum Gasteiger partial charge on any atom is 0.321 e. The highest BCUT2D eigenvalue weighted by molar-refractivity contribution is 5.94. The van der Waals surface area contributed by atoms with Crippen molar-refractivity contribution in [2.24, 2.45) is 0 Å². The Hall–Kier alpha value is -2.49. The van der Waals surface area contributed by atoms with E-state index in [1.165, 1.54) is 0 Å². The second-order valence-corrected chi connectivity index (χ2v) is 7.58. The lowest BCUT2D eigenvalue weighted by Gasteiger charge is -2.35. The molecule has 0 bridgehead atoms. The Morgan fingerprint density at radius 2 is 1.57 bits per heavy atom. The molecule has 2 aliphatic rings. The number of urea groups is 1. The second kappa shape index (κ2) is 11.6. The maximum atomic E-state index is 12.3. The molecule has 30 heavy (non-hydrogen) atoms. The molecule has 9 heteroatoms. The van der Waals surface area contributed by atoms with Crippen LogP contribution in [0.5, 0.6) is 0 Å². The van der Waals surface area contributed by atoms with Gasteiger partial charge in [-0.05, 0) is 5.56 Å². The van der Waals surface area contributed by atoms with E-state index in [1.54, 1.807) is 0 Å². The zero-order chi connectivity index (χ0) is 21.2. The Morgan fingerprint density at radius 1 is 0.900 bits per heavy atom. The average Bonchev–Trinajstić information content (AvgIpc) is 2.78. The van der Waals surface area contributed by atoms with Gasteiger partial charge in [0.2, 0.25) is 11.8 Å². The number of nitrogens with zero attached hydrogens (tertiary/aromatic N) is 3. The number of ether oxygens (including phenoxy) is 1. The number of nitrogens with one attached hydrogen (secondary N) is 2. The van der Waals surface area contributed by atoms with Gasteiger partial charge >= 0.3 is 6.03 Å². The van der Waals surface area contributed by atoms with Crippen molar-refractivity contribution in [3.05, 3.63) is 35.9 Å². The third-order valence-electron chi connectivity index (χ3n) is 5.39. The van der Waals surface area contributed by atoms with Crippen molar-refractivity contribution < 1.29 is 19.1 Å². The number of carbonyl (C=O) groups is 3. The van der Waals surface area contributed by atoms with Crippen LogP contribution in [-0.2, 0) is 20.9 Å². The van der Waals surface area contributed by atoms with Crippen LogP contribution in [0.2, 0.25) is 0 Å². The number of morpholine rings is 1. The monoisotopic (exact) mass is 417 g/mol. The van der Waals surface area contributed by atoms with Gasteiger partial charge in [-0.15, -0.1) is 0 Å². The van der Waals surface area contributed by atoms with E-state index >= 15 is 0 Å². The summed E-state index contributed by atoms with van der Waals surface area (Å²) < 4.78 is 5.29. The average molecular weight is 418 g/mol. The molecule has 0 radical (unpaired) electrons. The molecule has 1 aromatic rings. The summed E-state index contributed by atoms with van der Waals surface area (Å²) in [5, 5.41) is 5.06. The summed E-state index contributed by atoms with van der Waals surface area (Å²) in [4.78, 5) is 42.4. The molecule has 3 rings (SSSR count). The van der Waals surface area contributed by atoms with E-state index in [0.717, 1.165) is 31.7 Å². The highest BCUT2D eigenvalue weighted by Crippen LogP contribution is 2.05. The van der Waals surface area contributed by atoms with Gasteiger partial charge in [0, 0.05) is 58.8 Å². The largest absolute Gasteiger partial charge is 0.378 e. The molecule has 0 unspecified atom stereocenters. The Labute approximate surface area is 177 Å². The first-order valence-corrected chi connectivity index (χ1v) is 10.5. The highest BCUT2D eigenvalue weighted by atomic mass is 16.5. The topological polar surface area (TPSA) is 94.2 Å². The summed E-state index contributed by atoms with van der Waals surface area (Å²) in [5.41, 5.74) is 0.977. The van der Waals surface area contributed by atoms with Crippen LogP contribution in [0.3, 0.4) is 0 Å². The van der Waals surface area contributed by atoms with E-state index in [4.69, 9.17) is 4.74 Å². The van der Waals surface area contributed by atoms with Gasteiger partial charge in [0.1, 0.15) is 0 Å². The lowest BCUT2D eigenvalue weighted by atomic mass is 10.2. The molecular formula is C21H31N5O4. The van der Waals surface area contributed by atoms with Crippen LogP contribution in [0.4, 0.5) is 4.79 Å². The second-order valence-electron chi connectivity index (χ2n) is 7.58. The number of imide groups is 1. The first kappa shape index (κ1) is 22.2. The fourth-order valence-electron chi connectivity index (χ4n) is 3.55. The Morgan fingerprint density at radius 3 is 2.27 bits per heavy atom. The Kier molecular flexibility index (Phi) is 8.61. The van der Waals surface area contributed by atoms with Crippen LogP contribution in [0.25, 0.3) is 0 Å². The van der Waals surface area contributed by atoms with Crippen molar-refractivity contribution >= 4 is 17.8 Å². The van der Waals surface area contributed by atoms with Gasteiger partial charge in [-0.25, -0.2) is 4.79 Å². The molecule has 0 aliphatic carbocycles. The van der Waals surface area contributed by atoms with Crippen LogP contribution >= 0.6 is 0 Å². The lowest BCUT2D eigenvalue weighted by molar-refractivity contribution is -0.136. The summed E-state index contributed by atoms with van der Waals surface area (Å²) in [5.74, 6) is -0.127. The molecule has 0 saturated carbocycles. The molecule has 1 aromatic carbocycles. The molecule has 2 saturated heterocycles. The van der Waals surface area contributed by atoms with Gasteiger partial charge in [-0.3, -0.25) is 19.8 Å². The zero-order valence-electron chi connectivity index (χ0n) is 17.3. The van der Waals surface area contributed by atoms with Gasteiger partial charge in [0.15, 0.2) is 0 Å². The Bertz CT molecular complexity index is 701. The quantitative estimate of drug-likeness (QED) is 0.643. The van der Waals surface area contributed by atoms with Gasteiger partial charge in [0.05, 0.1) is 19.8 Å². The Balaban J connectivity index is 1.27. The van der Waals surface area contributed by atoms with Crippen molar-refractivity contribution in [3.8, 4) is 0 Å². The molecule has 2 N–H and O–H groups in total. The van der Waals surface area contributed by atoms with Crippen LogP contribution in [0.15, 0.2) is 30.3 Å². The number of piperazine rings is 1. The summed E-state index contributed by atoms with van der Waals surface area (Å²) in [7, 11) is 0. The summed E-state index contributed by atoms with van der Waals surface area (Å²) >= 11 is 0. The minimum atomic E-state index is -0.477. The normalized spacial score (nSPS) is 18.1. The molecular weight excluding hydrogens is 386 g/mol.